The highest BCUT2D eigenvalue weighted by Crippen LogP contribution is 2.38. The number of nitrogens with one attached hydrogen (secondary N) is 1. The van der Waals surface area contributed by atoms with E-state index >= 15 is 0 Å². The number of aromatic nitrogens is 2. The fourth-order valence-electron chi connectivity index (χ4n) is 2.74. The largest absolute Gasteiger partial charge is 0.497 e. The average Bonchev–Trinajstić information content (AvgIpc) is 2.86. The van der Waals surface area contributed by atoms with Gasteiger partial charge in [-0.3, -0.25) is 0 Å². The number of ether oxygens (including phenoxy) is 1. The number of hydrogen-bond acceptors (Lipinski definition) is 3. The van der Waals surface area contributed by atoms with Crippen molar-refractivity contribution in [2.24, 2.45) is 0 Å². The Morgan fingerprint density at radius 3 is 2.90 bits per heavy atom. The minimum Gasteiger partial charge on any atom is -0.497 e. The number of halogens is 2. The third kappa shape index (κ3) is 2.57. The molecule has 0 fully saturated rings. The van der Waals surface area contributed by atoms with Crippen LogP contribution in [-0.4, -0.2) is 23.3 Å². The fourth-order valence-corrected chi connectivity index (χ4v) is 2.74. The highest BCUT2D eigenvalue weighted by atomic mass is 19.3. The van der Waals surface area contributed by atoms with Crippen LogP contribution in [0.2, 0.25) is 0 Å². The molecule has 2 heterocycles. The van der Waals surface area contributed by atoms with E-state index < -0.39 is 12.5 Å². The Hall–Kier alpha value is -2.11. The molecule has 2 atom stereocenters. The molecule has 0 aliphatic carbocycles. The number of anilines is 1. The molecule has 1 aliphatic rings. The van der Waals surface area contributed by atoms with Crippen LogP contribution in [0.3, 0.4) is 0 Å². The van der Waals surface area contributed by atoms with Crippen molar-refractivity contribution in [3.63, 3.8) is 0 Å². The minimum absolute atomic E-state index is 0.178. The Labute approximate surface area is 121 Å². The van der Waals surface area contributed by atoms with Gasteiger partial charge in [0.1, 0.15) is 17.6 Å². The first kappa shape index (κ1) is 13.9. The van der Waals surface area contributed by atoms with Crippen molar-refractivity contribution in [2.75, 3.05) is 12.4 Å². The molecule has 0 radical (unpaired) electrons. The van der Waals surface area contributed by atoms with Gasteiger partial charge in [0.2, 0.25) is 0 Å². The molecule has 0 unspecified atom stereocenters. The molecule has 21 heavy (non-hydrogen) atoms. The van der Waals surface area contributed by atoms with Crippen LogP contribution < -0.4 is 10.1 Å². The van der Waals surface area contributed by atoms with Gasteiger partial charge in [-0.05, 0) is 31.0 Å². The van der Waals surface area contributed by atoms with Crippen LogP contribution in [0.4, 0.5) is 14.6 Å². The number of nitrogens with zero attached hydrogens (tertiary/aromatic N) is 2. The summed E-state index contributed by atoms with van der Waals surface area (Å²) in [7, 11) is 1.59. The molecule has 6 heteroatoms. The molecule has 0 saturated carbocycles. The number of rotatable bonds is 3. The molecule has 1 aromatic carbocycles. The highest BCUT2D eigenvalue weighted by molar-refractivity contribution is 5.44. The third-order valence-corrected chi connectivity index (χ3v) is 3.76. The maximum Gasteiger partial charge on any atom is 0.260 e. The van der Waals surface area contributed by atoms with Crippen molar-refractivity contribution in [1.29, 1.82) is 0 Å². The summed E-state index contributed by atoms with van der Waals surface area (Å²) in [6.07, 6.45) is -2.16. The number of fused-ring (bicyclic) bond motifs is 1. The van der Waals surface area contributed by atoms with E-state index in [0.29, 0.717) is 12.2 Å². The van der Waals surface area contributed by atoms with Crippen molar-refractivity contribution in [3.8, 4) is 5.75 Å². The van der Waals surface area contributed by atoms with Crippen molar-refractivity contribution >= 4 is 5.82 Å². The molecule has 4 nitrogen and oxygen atoms in total. The van der Waals surface area contributed by atoms with E-state index in [4.69, 9.17) is 4.74 Å². The smallest absolute Gasteiger partial charge is 0.260 e. The number of benzene rings is 1. The van der Waals surface area contributed by atoms with Gasteiger partial charge in [0.15, 0.2) is 0 Å². The van der Waals surface area contributed by atoms with E-state index in [2.05, 4.69) is 10.4 Å². The van der Waals surface area contributed by atoms with Crippen LogP contribution in [0.25, 0.3) is 0 Å². The molecule has 112 valence electrons. The number of alkyl halides is 2. The Morgan fingerprint density at radius 1 is 1.38 bits per heavy atom. The summed E-state index contributed by atoms with van der Waals surface area (Å²) in [6, 6.07) is 8.20. The predicted octanol–water partition coefficient (Wildman–Crippen LogP) is 3.56. The van der Waals surface area contributed by atoms with E-state index in [0.717, 1.165) is 17.0 Å². The second-order valence-corrected chi connectivity index (χ2v) is 5.23. The van der Waals surface area contributed by atoms with E-state index in [-0.39, 0.29) is 6.04 Å². The van der Waals surface area contributed by atoms with Gasteiger partial charge < -0.3 is 10.1 Å². The normalized spacial score (nSPS) is 21.0. The molecular weight excluding hydrogens is 276 g/mol. The van der Waals surface area contributed by atoms with E-state index in [9.17, 15) is 8.78 Å². The van der Waals surface area contributed by atoms with Gasteiger partial charge in [-0.15, -0.1) is 0 Å². The van der Waals surface area contributed by atoms with Gasteiger partial charge in [0, 0.05) is 6.07 Å². The van der Waals surface area contributed by atoms with Gasteiger partial charge in [-0.2, -0.15) is 5.10 Å². The van der Waals surface area contributed by atoms with Gasteiger partial charge >= 0.3 is 0 Å². The zero-order valence-corrected chi connectivity index (χ0v) is 11.9. The van der Waals surface area contributed by atoms with Crippen LogP contribution in [0, 0.1) is 6.92 Å². The fraction of sp³-hybridized carbons (Fsp3) is 0.400. The number of hydrogen-bond donors (Lipinski definition) is 1. The van der Waals surface area contributed by atoms with Crippen LogP contribution in [0.15, 0.2) is 30.3 Å². The molecule has 0 amide bonds. The summed E-state index contributed by atoms with van der Waals surface area (Å²) in [5, 5.41) is 7.45. The molecular formula is C15H17F2N3O. The van der Waals surface area contributed by atoms with Crippen molar-refractivity contribution in [2.45, 2.75) is 31.9 Å². The van der Waals surface area contributed by atoms with Gasteiger partial charge in [0.25, 0.3) is 6.43 Å². The summed E-state index contributed by atoms with van der Waals surface area (Å²) in [6.45, 7) is 1.80. The maximum absolute atomic E-state index is 13.3. The van der Waals surface area contributed by atoms with Crippen molar-refractivity contribution in [1.82, 2.24) is 9.78 Å². The summed E-state index contributed by atoms with van der Waals surface area (Å²) in [5.41, 5.74) is 1.67. The molecule has 0 spiro atoms. The minimum atomic E-state index is -2.45. The number of aryl methyl sites for hydroxylation is 1. The average molecular weight is 293 g/mol. The Kier molecular flexibility index (Phi) is 3.53. The lowest BCUT2D eigenvalue weighted by Crippen LogP contribution is -2.30. The molecule has 1 N–H and O–H groups in total. The van der Waals surface area contributed by atoms with E-state index in [1.54, 1.807) is 20.1 Å². The lowest BCUT2D eigenvalue weighted by molar-refractivity contribution is 0.0657. The standard InChI is InChI=1S/C15H17F2N3O/c1-9-6-14-18-12(8-13(15(16)17)20(14)19-9)10-4-3-5-11(7-10)21-2/h3-7,12-13,15,18H,8H2,1-2H3/t12-,13-/m1/s1. The summed E-state index contributed by atoms with van der Waals surface area (Å²) in [5.74, 6) is 1.36. The second-order valence-electron chi connectivity index (χ2n) is 5.23. The Morgan fingerprint density at radius 2 is 2.19 bits per heavy atom. The second kappa shape index (κ2) is 5.35. The van der Waals surface area contributed by atoms with Crippen LogP contribution in [0.5, 0.6) is 5.75 Å². The van der Waals surface area contributed by atoms with Gasteiger partial charge in [0.05, 0.1) is 18.8 Å². The number of methoxy groups -OCH3 is 1. The lowest BCUT2D eigenvalue weighted by atomic mass is 9.97. The molecule has 2 aromatic rings. The lowest BCUT2D eigenvalue weighted by Gasteiger charge is -2.32. The molecule has 0 saturated heterocycles. The first-order valence-corrected chi connectivity index (χ1v) is 6.83. The van der Waals surface area contributed by atoms with Crippen LogP contribution >= 0.6 is 0 Å². The van der Waals surface area contributed by atoms with E-state index in [1.165, 1.54) is 4.68 Å². The first-order valence-electron chi connectivity index (χ1n) is 6.83. The van der Waals surface area contributed by atoms with Crippen molar-refractivity contribution < 1.29 is 13.5 Å². The topological polar surface area (TPSA) is 39.1 Å². The van der Waals surface area contributed by atoms with Crippen molar-refractivity contribution in [3.05, 3.63) is 41.6 Å². The summed E-state index contributed by atoms with van der Waals surface area (Å²) < 4.78 is 33.3. The monoisotopic (exact) mass is 293 g/mol. The Bertz CT molecular complexity index is 642. The third-order valence-electron chi connectivity index (χ3n) is 3.76. The zero-order valence-electron chi connectivity index (χ0n) is 11.9. The van der Waals surface area contributed by atoms with Gasteiger partial charge in [-0.1, -0.05) is 12.1 Å². The summed E-state index contributed by atoms with van der Waals surface area (Å²) in [4.78, 5) is 0. The van der Waals surface area contributed by atoms with Gasteiger partial charge in [-0.25, -0.2) is 13.5 Å². The maximum atomic E-state index is 13.3. The molecule has 1 aromatic heterocycles. The van der Waals surface area contributed by atoms with Crippen LogP contribution in [0.1, 0.15) is 29.8 Å². The SMILES string of the molecule is COc1cccc([C@H]2C[C@H](C(F)F)n3nc(C)cc3N2)c1. The summed E-state index contributed by atoms with van der Waals surface area (Å²) >= 11 is 0. The Balaban J connectivity index is 1.95. The first-order chi connectivity index (χ1) is 10.1. The molecule has 3 rings (SSSR count). The molecule has 1 aliphatic heterocycles. The van der Waals surface area contributed by atoms with Crippen LogP contribution in [-0.2, 0) is 0 Å². The molecule has 0 bridgehead atoms. The quantitative estimate of drug-likeness (QED) is 0.940. The predicted molar refractivity (Wildman–Crippen MR) is 76.0 cm³/mol. The zero-order chi connectivity index (χ0) is 15.0. The van der Waals surface area contributed by atoms with E-state index in [1.807, 2.05) is 24.3 Å². The highest BCUT2D eigenvalue weighted by Gasteiger charge is 2.34.